The number of rotatable bonds is 5. The highest BCUT2D eigenvalue weighted by Gasteiger charge is 2.47. The van der Waals surface area contributed by atoms with E-state index in [-0.39, 0.29) is 17.8 Å². The van der Waals surface area contributed by atoms with E-state index in [4.69, 9.17) is 11.6 Å². The number of hydrogen-bond acceptors (Lipinski definition) is 3. The van der Waals surface area contributed by atoms with Gasteiger partial charge in [0, 0.05) is 5.02 Å². The molecule has 0 saturated carbocycles. The molecule has 1 fully saturated rings. The molecular weight excluding hydrogens is 302 g/mol. The average molecular weight is 322 g/mol. The second kappa shape index (κ2) is 6.92. The summed E-state index contributed by atoms with van der Waals surface area (Å²) < 4.78 is 0. The summed E-state index contributed by atoms with van der Waals surface area (Å²) in [7, 11) is 0. The summed E-state index contributed by atoms with van der Waals surface area (Å²) in [6.45, 7) is 3.93. The van der Waals surface area contributed by atoms with Crippen molar-refractivity contribution in [3.05, 3.63) is 29.3 Å². The third-order valence-corrected chi connectivity index (χ3v) is 3.97. The first-order chi connectivity index (χ1) is 10.5. The average Bonchev–Trinajstić information content (AvgIpc) is 2.45. The van der Waals surface area contributed by atoms with Crippen molar-refractivity contribution < 1.29 is 9.59 Å². The van der Waals surface area contributed by atoms with Crippen LogP contribution in [0.1, 0.15) is 39.5 Å². The van der Waals surface area contributed by atoms with Gasteiger partial charge in [0.25, 0.3) is 0 Å². The smallest absolute Gasteiger partial charge is 0.242 e. The van der Waals surface area contributed by atoms with Gasteiger partial charge < -0.3 is 0 Å². The fourth-order valence-electron chi connectivity index (χ4n) is 2.75. The number of nitrogens with one attached hydrogen (secondary N) is 2. The molecule has 2 rings (SSSR count). The first-order valence-electron chi connectivity index (χ1n) is 7.49. The molecule has 0 radical (unpaired) electrons. The highest BCUT2D eigenvalue weighted by atomic mass is 35.5. The van der Waals surface area contributed by atoms with E-state index in [2.05, 4.69) is 15.6 Å². The van der Waals surface area contributed by atoms with Crippen LogP contribution in [0.4, 0.5) is 5.69 Å². The molecule has 1 aliphatic heterocycles. The predicted octanol–water partition coefficient (Wildman–Crippen LogP) is 3.16. The van der Waals surface area contributed by atoms with Crippen molar-refractivity contribution in [1.82, 2.24) is 10.6 Å². The van der Waals surface area contributed by atoms with Gasteiger partial charge in [0.2, 0.25) is 17.8 Å². The van der Waals surface area contributed by atoms with E-state index >= 15 is 0 Å². The Morgan fingerprint density at radius 2 is 1.68 bits per heavy atom. The van der Waals surface area contributed by atoms with E-state index in [1.165, 1.54) is 0 Å². The number of carbonyl (C=O) groups is 2. The van der Waals surface area contributed by atoms with E-state index < -0.39 is 5.41 Å². The Labute approximate surface area is 135 Å². The monoisotopic (exact) mass is 321 g/mol. The highest BCUT2D eigenvalue weighted by molar-refractivity contribution is 6.30. The van der Waals surface area contributed by atoms with Gasteiger partial charge in [0.1, 0.15) is 5.41 Å². The Morgan fingerprint density at radius 1 is 1.09 bits per heavy atom. The lowest BCUT2D eigenvalue weighted by Crippen LogP contribution is -2.62. The van der Waals surface area contributed by atoms with Gasteiger partial charge in [-0.05, 0) is 31.0 Å². The molecule has 0 unspecified atom stereocenters. The second-order valence-corrected chi connectivity index (χ2v) is 5.87. The molecule has 2 amide bonds. The summed E-state index contributed by atoms with van der Waals surface area (Å²) >= 11 is 5.90. The maximum Gasteiger partial charge on any atom is 0.242 e. The van der Waals surface area contributed by atoms with Crippen LogP contribution in [0, 0.1) is 5.41 Å². The Balaban J connectivity index is 2.26. The molecule has 0 bridgehead atoms. The number of amides is 2. The van der Waals surface area contributed by atoms with Crippen molar-refractivity contribution in [3.63, 3.8) is 0 Å². The lowest BCUT2D eigenvalue weighted by atomic mass is 9.76. The topological polar surface area (TPSA) is 70.6 Å². The minimum Gasteiger partial charge on any atom is -0.295 e. The second-order valence-electron chi connectivity index (χ2n) is 5.43. The predicted molar refractivity (Wildman–Crippen MR) is 87.1 cm³/mol. The molecule has 1 saturated heterocycles. The normalized spacial score (nSPS) is 17.0. The Bertz CT molecular complexity index is 585. The fraction of sp³-hybridized carbons (Fsp3) is 0.438. The van der Waals surface area contributed by atoms with Crippen molar-refractivity contribution in [1.29, 1.82) is 0 Å². The summed E-state index contributed by atoms with van der Waals surface area (Å²) in [5.74, 6) is -0.401. The molecule has 118 valence electrons. The van der Waals surface area contributed by atoms with Crippen LogP contribution in [-0.4, -0.2) is 17.8 Å². The van der Waals surface area contributed by atoms with Crippen molar-refractivity contribution in [3.8, 4) is 0 Å². The molecule has 5 nitrogen and oxygen atoms in total. The number of halogens is 1. The van der Waals surface area contributed by atoms with E-state index in [9.17, 15) is 9.59 Å². The molecule has 0 atom stereocenters. The van der Waals surface area contributed by atoms with Crippen LogP contribution < -0.4 is 10.6 Å². The van der Waals surface area contributed by atoms with Gasteiger partial charge >= 0.3 is 0 Å². The quantitative estimate of drug-likeness (QED) is 0.818. The summed E-state index contributed by atoms with van der Waals surface area (Å²) in [6, 6.07) is 6.90. The van der Waals surface area contributed by atoms with Crippen LogP contribution in [0.5, 0.6) is 0 Å². The molecule has 0 spiro atoms. The largest absolute Gasteiger partial charge is 0.295 e. The van der Waals surface area contributed by atoms with Gasteiger partial charge in [-0.25, -0.2) is 4.99 Å². The molecule has 1 aliphatic rings. The van der Waals surface area contributed by atoms with Gasteiger partial charge in [-0.2, -0.15) is 0 Å². The molecule has 1 heterocycles. The van der Waals surface area contributed by atoms with Gasteiger partial charge in [-0.1, -0.05) is 44.4 Å². The Morgan fingerprint density at radius 3 is 2.18 bits per heavy atom. The van der Waals surface area contributed by atoms with E-state index in [0.29, 0.717) is 23.6 Å². The molecule has 0 aromatic heterocycles. The van der Waals surface area contributed by atoms with Gasteiger partial charge in [-0.15, -0.1) is 0 Å². The highest BCUT2D eigenvalue weighted by Crippen LogP contribution is 2.32. The number of nitrogens with zero attached hydrogens (tertiary/aromatic N) is 1. The SMILES string of the molecule is CCCC1(CCC)C(=O)NC(=Nc2cccc(Cl)c2)NC1=O. The van der Waals surface area contributed by atoms with Crippen LogP contribution >= 0.6 is 11.6 Å². The van der Waals surface area contributed by atoms with Crippen LogP contribution in [0.3, 0.4) is 0 Å². The molecule has 2 N–H and O–H groups in total. The van der Waals surface area contributed by atoms with Gasteiger partial charge in [0.15, 0.2) is 0 Å². The fourth-order valence-corrected chi connectivity index (χ4v) is 2.94. The number of guanidine groups is 1. The Hall–Kier alpha value is -1.88. The molecule has 1 aromatic rings. The van der Waals surface area contributed by atoms with Crippen LogP contribution in [0.25, 0.3) is 0 Å². The molecular formula is C16H20ClN3O2. The van der Waals surface area contributed by atoms with E-state index in [1.54, 1.807) is 24.3 Å². The standard InChI is InChI=1S/C16H20ClN3O2/c1-3-8-16(9-4-2)13(21)19-15(20-14(16)22)18-12-7-5-6-11(17)10-12/h5-7,10H,3-4,8-9H2,1-2H3,(H2,18,19,20,21,22). The third kappa shape index (κ3) is 3.30. The van der Waals surface area contributed by atoms with Crippen LogP contribution in [0.15, 0.2) is 29.3 Å². The first-order valence-corrected chi connectivity index (χ1v) is 7.87. The van der Waals surface area contributed by atoms with Crippen molar-refractivity contribution in [2.45, 2.75) is 39.5 Å². The number of aliphatic imine (C=N–C) groups is 1. The molecule has 6 heteroatoms. The zero-order valence-corrected chi connectivity index (χ0v) is 13.5. The molecule has 0 aliphatic carbocycles. The van der Waals surface area contributed by atoms with Gasteiger partial charge in [-0.3, -0.25) is 20.2 Å². The summed E-state index contributed by atoms with van der Waals surface area (Å²) in [5, 5.41) is 5.97. The molecule has 22 heavy (non-hydrogen) atoms. The number of carbonyl (C=O) groups excluding carboxylic acids is 2. The summed E-state index contributed by atoms with van der Waals surface area (Å²) in [4.78, 5) is 29.2. The van der Waals surface area contributed by atoms with E-state index in [1.807, 2.05) is 13.8 Å². The maximum atomic E-state index is 12.5. The minimum absolute atomic E-state index is 0.153. The minimum atomic E-state index is -0.989. The third-order valence-electron chi connectivity index (χ3n) is 3.74. The summed E-state index contributed by atoms with van der Waals surface area (Å²) in [6.07, 6.45) is 2.59. The van der Waals surface area contributed by atoms with Gasteiger partial charge in [0.05, 0.1) is 5.69 Å². The van der Waals surface area contributed by atoms with Crippen molar-refractivity contribution >= 4 is 35.1 Å². The van der Waals surface area contributed by atoms with Crippen LogP contribution in [-0.2, 0) is 9.59 Å². The number of hydrogen-bond donors (Lipinski definition) is 2. The maximum absolute atomic E-state index is 12.5. The zero-order chi connectivity index (χ0) is 16.2. The first kappa shape index (κ1) is 16.5. The Kier molecular flexibility index (Phi) is 5.19. The van der Waals surface area contributed by atoms with E-state index in [0.717, 1.165) is 12.8 Å². The lowest BCUT2D eigenvalue weighted by Gasteiger charge is -2.35. The number of benzene rings is 1. The van der Waals surface area contributed by atoms with Crippen LogP contribution in [0.2, 0.25) is 5.02 Å². The lowest BCUT2D eigenvalue weighted by molar-refractivity contribution is -0.144. The van der Waals surface area contributed by atoms with Crippen molar-refractivity contribution in [2.24, 2.45) is 10.4 Å². The van der Waals surface area contributed by atoms with Crippen molar-refractivity contribution in [2.75, 3.05) is 0 Å². The molecule has 1 aromatic carbocycles. The summed E-state index contributed by atoms with van der Waals surface area (Å²) in [5.41, 5.74) is -0.418. The zero-order valence-electron chi connectivity index (χ0n) is 12.8.